The maximum absolute atomic E-state index is 12.0. The van der Waals surface area contributed by atoms with E-state index in [1.165, 1.54) is 4.68 Å². The number of aryl methyl sites for hydroxylation is 2. The summed E-state index contributed by atoms with van der Waals surface area (Å²) in [4.78, 5) is 23.6. The predicted molar refractivity (Wildman–Crippen MR) is 76.8 cm³/mol. The van der Waals surface area contributed by atoms with Crippen molar-refractivity contribution < 1.29 is 19.1 Å². The standard InChI is InChI=1S/C13H22N4O4/c1-5-17-12(11(14)9(3)16-17)13(19)21-7-10(18)15-8(2)6-20-4/h8H,5-7,14H2,1-4H3,(H,15,18). The van der Waals surface area contributed by atoms with Crippen molar-refractivity contribution in [1.29, 1.82) is 0 Å². The van der Waals surface area contributed by atoms with Gasteiger partial charge < -0.3 is 20.5 Å². The number of hydrogen-bond donors (Lipinski definition) is 2. The van der Waals surface area contributed by atoms with Crippen LogP contribution in [0.4, 0.5) is 5.69 Å². The van der Waals surface area contributed by atoms with Gasteiger partial charge in [-0.15, -0.1) is 0 Å². The van der Waals surface area contributed by atoms with E-state index in [0.717, 1.165) is 0 Å². The number of methoxy groups -OCH3 is 1. The first-order valence-corrected chi connectivity index (χ1v) is 6.69. The second-order valence-electron chi connectivity index (χ2n) is 4.66. The molecule has 0 aliphatic carbocycles. The summed E-state index contributed by atoms with van der Waals surface area (Å²) in [6.07, 6.45) is 0. The van der Waals surface area contributed by atoms with E-state index in [2.05, 4.69) is 10.4 Å². The number of hydrogen-bond acceptors (Lipinski definition) is 6. The van der Waals surface area contributed by atoms with Crippen molar-refractivity contribution in [2.24, 2.45) is 0 Å². The second-order valence-corrected chi connectivity index (χ2v) is 4.66. The predicted octanol–water partition coefficient (Wildman–Crippen LogP) is 0.102. The number of esters is 1. The minimum atomic E-state index is -0.663. The lowest BCUT2D eigenvalue weighted by atomic mass is 10.3. The molecule has 1 aromatic heterocycles. The Kier molecular flexibility index (Phi) is 6.16. The summed E-state index contributed by atoms with van der Waals surface area (Å²) in [5, 5.41) is 6.76. The van der Waals surface area contributed by atoms with Crippen LogP contribution in [0.1, 0.15) is 30.0 Å². The third-order valence-corrected chi connectivity index (χ3v) is 2.83. The summed E-state index contributed by atoms with van der Waals surface area (Å²) in [6, 6.07) is -0.158. The fourth-order valence-electron chi connectivity index (χ4n) is 1.85. The molecule has 0 aromatic carbocycles. The van der Waals surface area contributed by atoms with Gasteiger partial charge in [0.1, 0.15) is 0 Å². The molecule has 0 spiro atoms. The molecule has 3 N–H and O–H groups in total. The van der Waals surface area contributed by atoms with Crippen LogP contribution < -0.4 is 11.1 Å². The number of nitrogens with one attached hydrogen (secondary N) is 1. The van der Waals surface area contributed by atoms with Crippen molar-refractivity contribution in [2.45, 2.75) is 33.4 Å². The van der Waals surface area contributed by atoms with Crippen LogP contribution in [-0.4, -0.2) is 48.0 Å². The third kappa shape index (κ3) is 4.45. The van der Waals surface area contributed by atoms with Crippen molar-refractivity contribution in [3.8, 4) is 0 Å². The van der Waals surface area contributed by atoms with E-state index in [9.17, 15) is 9.59 Å². The number of ether oxygens (including phenoxy) is 2. The molecular formula is C13H22N4O4. The van der Waals surface area contributed by atoms with Gasteiger partial charge in [0.05, 0.1) is 18.0 Å². The van der Waals surface area contributed by atoms with Crippen LogP contribution in [0.25, 0.3) is 0 Å². The number of nitrogen functional groups attached to an aromatic ring is 1. The molecule has 1 aromatic rings. The zero-order valence-corrected chi connectivity index (χ0v) is 12.8. The van der Waals surface area contributed by atoms with Gasteiger partial charge in [0, 0.05) is 19.7 Å². The number of rotatable bonds is 7. The fourth-order valence-corrected chi connectivity index (χ4v) is 1.85. The van der Waals surface area contributed by atoms with Gasteiger partial charge in [0.2, 0.25) is 0 Å². The molecule has 1 unspecified atom stereocenters. The second kappa shape index (κ2) is 7.63. The highest BCUT2D eigenvalue weighted by Crippen LogP contribution is 2.17. The highest BCUT2D eigenvalue weighted by Gasteiger charge is 2.21. The molecule has 21 heavy (non-hydrogen) atoms. The molecule has 8 nitrogen and oxygen atoms in total. The van der Waals surface area contributed by atoms with Gasteiger partial charge in [-0.1, -0.05) is 0 Å². The Morgan fingerprint density at radius 2 is 2.14 bits per heavy atom. The van der Waals surface area contributed by atoms with Crippen molar-refractivity contribution in [3.05, 3.63) is 11.4 Å². The van der Waals surface area contributed by atoms with Gasteiger partial charge >= 0.3 is 5.97 Å². The van der Waals surface area contributed by atoms with Crippen molar-refractivity contribution >= 4 is 17.6 Å². The topological polar surface area (TPSA) is 108 Å². The Hall–Kier alpha value is -2.09. The summed E-state index contributed by atoms with van der Waals surface area (Å²) in [5.74, 6) is -1.06. The van der Waals surface area contributed by atoms with Crippen LogP contribution in [0.5, 0.6) is 0 Å². The third-order valence-electron chi connectivity index (χ3n) is 2.83. The maximum Gasteiger partial charge on any atom is 0.359 e. The van der Waals surface area contributed by atoms with Crippen LogP contribution >= 0.6 is 0 Å². The zero-order valence-electron chi connectivity index (χ0n) is 12.8. The van der Waals surface area contributed by atoms with Crippen LogP contribution in [0.15, 0.2) is 0 Å². The zero-order chi connectivity index (χ0) is 16.0. The highest BCUT2D eigenvalue weighted by molar-refractivity contribution is 5.95. The molecular weight excluding hydrogens is 276 g/mol. The summed E-state index contributed by atoms with van der Waals surface area (Å²) in [5.41, 5.74) is 6.81. The molecule has 0 aliphatic heterocycles. The van der Waals surface area contributed by atoms with E-state index in [0.29, 0.717) is 18.8 Å². The molecule has 0 aliphatic rings. The maximum atomic E-state index is 12.0. The minimum absolute atomic E-state index is 0.158. The molecule has 1 atom stereocenters. The van der Waals surface area contributed by atoms with Gasteiger partial charge in [0.15, 0.2) is 12.3 Å². The Morgan fingerprint density at radius 1 is 1.48 bits per heavy atom. The summed E-state index contributed by atoms with van der Waals surface area (Å²) in [7, 11) is 1.54. The molecule has 1 amide bonds. The number of carbonyl (C=O) groups is 2. The molecule has 1 rings (SSSR count). The molecule has 0 saturated carbocycles. The van der Waals surface area contributed by atoms with Crippen LogP contribution in [-0.2, 0) is 20.8 Å². The van der Waals surface area contributed by atoms with E-state index in [1.54, 1.807) is 21.0 Å². The van der Waals surface area contributed by atoms with Gasteiger partial charge in [-0.25, -0.2) is 4.79 Å². The molecule has 0 radical (unpaired) electrons. The summed E-state index contributed by atoms with van der Waals surface area (Å²) >= 11 is 0. The van der Waals surface area contributed by atoms with E-state index in [-0.39, 0.29) is 24.0 Å². The number of aromatic nitrogens is 2. The van der Waals surface area contributed by atoms with Crippen molar-refractivity contribution in [2.75, 3.05) is 26.1 Å². The quantitative estimate of drug-likeness (QED) is 0.691. The number of amides is 1. The SMILES string of the molecule is CCn1nc(C)c(N)c1C(=O)OCC(=O)NC(C)COC. The van der Waals surface area contributed by atoms with Crippen molar-refractivity contribution in [3.63, 3.8) is 0 Å². The normalized spacial score (nSPS) is 12.0. The Balaban J connectivity index is 2.60. The first-order chi connectivity index (χ1) is 9.90. The van der Waals surface area contributed by atoms with E-state index < -0.39 is 11.9 Å². The monoisotopic (exact) mass is 298 g/mol. The smallest absolute Gasteiger partial charge is 0.359 e. The molecule has 118 valence electrons. The molecule has 0 bridgehead atoms. The van der Waals surface area contributed by atoms with Gasteiger partial charge in [-0.2, -0.15) is 5.10 Å². The number of nitrogens with two attached hydrogens (primary N) is 1. The lowest BCUT2D eigenvalue weighted by Crippen LogP contribution is -2.38. The van der Waals surface area contributed by atoms with E-state index in [4.69, 9.17) is 15.2 Å². The average molecular weight is 298 g/mol. The number of carbonyl (C=O) groups excluding carboxylic acids is 2. The summed E-state index contributed by atoms with van der Waals surface area (Å²) in [6.45, 7) is 5.82. The lowest BCUT2D eigenvalue weighted by Gasteiger charge is -2.13. The summed E-state index contributed by atoms with van der Waals surface area (Å²) < 4.78 is 11.3. The molecule has 8 heteroatoms. The fraction of sp³-hybridized carbons (Fsp3) is 0.615. The van der Waals surface area contributed by atoms with Gasteiger partial charge in [0.25, 0.3) is 5.91 Å². The highest BCUT2D eigenvalue weighted by atomic mass is 16.5. The number of anilines is 1. The minimum Gasteiger partial charge on any atom is -0.451 e. The van der Waals surface area contributed by atoms with E-state index in [1.807, 2.05) is 6.92 Å². The van der Waals surface area contributed by atoms with Crippen molar-refractivity contribution in [1.82, 2.24) is 15.1 Å². The van der Waals surface area contributed by atoms with Crippen LogP contribution in [0, 0.1) is 6.92 Å². The largest absolute Gasteiger partial charge is 0.451 e. The van der Waals surface area contributed by atoms with Gasteiger partial charge in [-0.3, -0.25) is 9.48 Å². The Morgan fingerprint density at radius 3 is 2.71 bits per heavy atom. The Labute approximate surface area is 123 Å². The Bertz CT molecular complexity index is 513. The van der Waals surface area contributed by atoms with E-state index >= 15 is 0 Å². The van der Waals surface area contributed by atoms with Crippen LogP contribution in [0.3, 0.4) is 0 Å². The van der Waals surface area contributed by atoms with Gasteiger partial charge in [-0.05, 0) is 20.8 Å². The molecule has 0 fully saturated rings. The number of nitrogens with zero attached hydrogens (tertiary/aromatic N) is 2. The first kappa shape index (κ1) is 17.0. The molecule has 1 heterocycles. The average Bonchev–Trinajstić information content (AvgIpc) is 2.72. The molecule has 0 saturated heterocycles. The van der Waals surface area contributed by atoms with Crippen LogP contribution in [0.2, 0.25) is 0 Å². The lowest BCUT2D eigenvalue weighted by molar-refractivity contribution is -0.125. The first-order valence-electron chi connectivity index (χ1n) is 6.69.